The average Bonchev–Trinajstić information content (AvgIpc) is 2.52. The summed E-state index contributed by atoms with van der Waals surface area (Å²) in [6.07, 6.45) is 0.470. The van der Waals surface area contributed by atoms with Crippen molar-refractivity contribution in [1.82, 2.24) is 0 Å². The fraction of sp³-hybridized carbons (Fsp3) is 0.789. The second-order valence-electron chi connectivity index (χ2n) is 10.3. The lowest BCUT2D eigenvalue weighted by molar-refractivity contribution is -0.149. The lowest BCUT2D eigenvalue weighted by Crippen LogP contribution is -2.67. The first-order valence-electron chi connectivity index (χ1n) is 10.3. The molecular weight excluding hydrogens is 453 g/mol. The van der Waals surface area contributed by atoms with Gasteiger partial charge in [0.15, 0.2) is 30.7 Å². The summed E-state index contributed by atoms with van der Waals surface area (Å²) in [6, 6.07) is 0. The van der Waals surface area contributed by atoms with Crippen LogP contribution in [-0.4, -0.2) is 58.5 Å². The minimum Gasteiger partial charge on any atom is -0.469 e. The summed E-state index contributed by atoms with van der Waals surface area (Å²) in [7, 11) is -8.53. The molecule has 0 saturated carbocycles. The molecule has 0 heterocycles. The third-order valence-corrected chi connectivity index (χ3v) is 15.8. The second-order valence-corrected chi connectivity index (χ2v) is 27.3. The Bertz CT molecular complexity index is 577. The van der Waals surface area contributed by atoms with E-state index in [9.17, 15) is 9.59 Å². The highest BCUT2D eigenvalue weighted by Gasteiger charge is 2.57. The van der Waals surface area contributed by atoms with Gasteiger partial charge in [-0.15, -0.1) is 0 Å². The maximum absolute atomic E-state index is 12.9. The molecule has 0 aromatic heterocycles. The van der Waals surface area contributed by atoms with E-state index in [2.05, 4.69) is 65.5 Å². The monoisotopic (exact) mass is 494 g/mol. The number of esters is 2. The molecule has 0 N–H and O–H groups in total. The molecule has 176 valence electrons. The zero-order valence-electron chi connectivity index (χ0n) is 20.9. The van der Waals surface area contributed by atoms with E-state index in [1.807, 2.05) is 6.92 Å². The van der Waals surface area contributed by atoms with E-state index >= 15 is 0 Å². The Kier molecular flexibility index (Phi) is 10.6. The molecular formula is C19H42O7Si4. The van der Waals surface area contributed by atoms with Crippen LogP contribution in [0.4, 0.5) is 0 Å². The van der Waals surface area contributed by atoms with Gasteiger partial charge in [-0.3, -0.25) is 4.79 Å². The summed E-state index contributed by atoms with van der Waals surface area (Å²) < 4.78 is 30.5. The number of hydrogen-bond acceptors (Lipinski definition) is 7. The summed E-state index contributed by atoms with van der Waals surface area (Å²) in [5, 5.41) is 0. The average molecular weight is 495 g/mol. The predicted molar refractivity (Wildman–Crippen MR) is 130 cm³/mol. The quantitative estimate of drug-likeness (QED) is 0.221. The van der Waals surface area contributed by atoms with Crippen LogP contribution in [-0.2, 0) is 31.4 Å². The highest BCUT2D eigenvalue weighted by Crippen LogP contribution is 2.32. The molecule has 0 bridgehead atoms. The highest BCUT2D eigenvalue weighted by atomic mass is 28.5. The first kappa shape index (κ1) is 29.4. The Morgan fingerprint density at radius 1 is 0.833 bits per heavy atom. The van der Waals surface area contributed by atoms with Crippen molar-refractivity contribution in [2.45, 2.75) is 84.9 Å². The van der Waals surface area contributed by atoms with Gasteiger partial charge in [0.2, 0.25) is 0 Å². The van der Waals surface area contributed by atoms with Crippen LogP contribution in [0.1, 0.15) is 20.3 Å². The van der Waals surface area contributed by atoms with Gasteiger partial charge in [0, 0.05) is 5.57 Å². The number of carbonyl (C=O) groups excluding carboxylic acids is 2. The largest absolute Gasteiger partial charge is 0.512 e. The van der Waals surface area contributed by atoms with E-state index in [1.165, 1.54) is 7.11 Å². The van der Waals surface area contributed by atoms with Crippen molar-refractivity contribution in [2.75, 3.05) is 7.11 Å². The topological polar surface area (TPSA) is 80.3 Å². The van der Waals surface area contributed by atoms with Crippen molar-refractivity contribution in [3.63, 3.8) is 0 Å². The maximum Gasteiger partial charge on any atom is 0.512 e. The molecule has 0 aromatic carbocycles. The van der Waals surface area contributed by atoms with Gasteiger partial charge in [0.05, 0.1) is 13.0 Å². The van der Waals surface area contributed by atoms with Crippen LogP contribution >= 0.6 is 0 Å². The van der Waals surface area contributed by atoms with E-state index < -0.39 is 57.3 Å². The maximum atomic E-state index is 12.9. The van der Waals surface area contributed by atoms with Gasteiger partial charge >= 0.3 is 20.7 Å². The minimum absolute atomic E-state index is 0.0391. The molecule has 0 amide bonds. The van der Waals surface area contributed by atoms with Crippen LogP contribution in [0.15, 0.2) is 12.2 Å². The summed E-state index contributed by atoms with van der Waals surface area (Å²) in [5.41, 5.74) is -0.644. The van der Waals surface area contributed by atoms with Crippen molar-refractivity contribution >= 4 is 45.7 Å². The molecule has 2 unspecified atom stereocenters. The Morgan fingerprint density at radius 3 is 1.47 bits per heavy atom. The standard InChI is InChI=1S/C19H42O7Si4/c1-14-17(23-19(21)16(3)15(2)18(20)22-4)30(24-27(5,6)7,25-28(8,9)10)26-29(11,12)13/h15,17H,3,14H2,1-2,4-13H3. The van der Waals surface area contributed by atoms with Gasteiger partial charge in [0.25, 0.3) is 0 Å². The number of ether oxygens (including phenoxy) is 2. The predicted octanol–water partition coefficient (Wildman–Crippen LogP) is 4.71. The van der Waals surface area contributed by atoms with Gasteiger partial charge in [-0.25, -0.2) is 4.79 Å². The van der Waals surface area contributed by atoms with Gasteiger partial charge in [0.1, 0.15) is 0 Å². The van der Waals surface area contributed by atoms with Crippen LogP contribution in [0.2, 0.25) is 58.9 Å². The van der Waals surface area contributed by atoms with Gasteiger partial charge in [-0.1, -0.05) is 13.5 Å². The molecule has 0 spiro atoms. The first-order chi connectivity index (χ1) is 13.3. The van der Waals surface area contributed by atoms with Crippen LogP contribution in [0.25, 0.3) is 0 Å². The molecule has 30 heavy (non-hydrogen) atoms. The summed E-state index contributed by atoms with van der Waals surface area (Å²) in [4.78, 5) is 24.7. The lowest BCUT2D eigenvalue weighted by Gasteiger charge is -2.45. The molecule has 0 aliphatic carbocycles. The molecule has 0 aromatic rings. The zero-order chi connectivity index (χ0) is 24.1. The van der Waals surface area contributed by atoms with Crippen LogP contribution in [0, 0.1) is 5.92 Å². The Hall–Kier alpha value is -0.572. The van der Waals surface area contributed by atoms with E-state index in [1.54, 1.807) is 6.92 Å². The fourth-order valence-corrected chi connectivity index (χ4v) is 16.8. The molecule has 0 rings (SSSR count). The molecule has 7 nitrogen and oxygen atoms in total. The number of rotatable bonds is 12. The fourth-order valence-electron chi connectivity index (χ4n) is 2.65. The van der Waals surface area contributed by atoms with Crippen molar-refractivity contribution in [3.8, 4) is 0 Å². The molecule has 0 saturated heterocycles. The lowest BCUT2D eigenvalue weighted by atomic mass is 10.0. The SMILES string of the molecule is C=C(C(=O)OC(CC)[Si](O[Si](C)(C)C)(O[Si](C)(C)C)O[Si](C)(C)C)C(C)C(=O)OC. The van der Waals surface area contributed by atoms with E-state index in [0.717, 1.165) is 0 Å². The third kappa shape index (κ3) is 10.2. The normalized spacial score (nSPS) is 15.3. The van der Waals surface area contributed by atoms with E-state index in [0.29, 0.717) is 6.42 Å². The molecule has 0 radical (unpaired) electrons. The molecule has 2 atom stereocenters. The highest BCUT2D eigenvalue weighted by molar-refractivity contribution is 6.90. The first-order valence-corrected chi connectivity index (χ1v) is 22.4. The summed E-state index contributed by atoms with van der Waals surface area (Å²) in [6.45, 7) is 25.9. The number of hydrogen-bond donors (Lipinski definition) is 0. The Balaban J connectivity index is 6.20. The summed E-state index contributed by atoms with van der Waals surface area (Å²) >= 11 is 0. The molecule has 0 fully saturated rings. The molecule has 0 aliphatic rings. The number of carbonyl (C=O) groups is 2. The molecule has 0 aliphatic heterocycles. The van der Waals surface area contributed by atoms with Crippen LogP contribution < -0.4 is 0 Å². The molecule has 11 heteroatoms. The Labute approximate surface area is 187 Å². The van der Waals surface area contributed by atoms with Crippen LogP contribution in [0.3, 0.4) is 0 Å². The number of methoxy groups -OCH3 is 1. The van der Waals surface area contributed by atoms with E-state index in [-0.39, 0.29) is 5.57 Å². The van der Waals surface area contributed by atoms with Gasteiger partial charge in [-0.05, 0) is 72.3 Å². The van der Waals surface area contributed by atoms with Crippen molar-refractivity contribution in [3.05, 3.63) is 12.2 Å². The summed E-state index contributed by atoms with van der Waals surface area (Å²) in [5.74, 6) is -2.00. The van der Waals surface area contributed by atoms with Gasteiger partial charge in [-0.2, -0.15) is 0 Å². The Morgan fingerprint density at radius 2 is 1.20 bits per heavy atom. The van der Waals surface area contributed by atoms with Gasteiger partial charge < -0.3 is 21.8 Å². The smallest absolute Gasteiger partial charge is 0.469 e. The van der Waals surface area contributed by atoms with E-state index in [4.69, 9.17) is 21.8 Å². The van der Waals surface area contributed by atoms with Crippen molar-refractivity contribution in [2.24, 2.45) is 5.92 Å². The second kappa shape index (κ2) is 10.8. The van der Waals surface area contributed by atoms with Crippen LogP contribution in [0.5, 0.6) is 0 Å². The zero-order valence-corrected chi connectivity index (χ0v) is 24.9. The third-order valence-electron chi connectivity index (χ3n) is 3.70. The van der Waals surface area contributed by atoms with Crippen molar-refractivity contribution in [1.29, 1.82) is 0 Å². The van der Waals surface area contributed by atoms with Crippen molar-refractivity contribution < 1.29 is 31.4 Å². The minimum atomic E-state index is -3.43.